The number of halogens is 1. The lowest BCUT2D eigenvalue weighted by atomic mass is 10.0. The number of nitrogens with zero attached hydrogens (tertiary/aromatic N) is 1. The third-order valence-corrected chi connectivity index (χ3v) is 3.13. The molecule has 1 aromatic heterocycles. The summed E-state index contributed by atoms with van der Waals surface area (Å²) < 4.78 is 12.7. The lowest BCUT2D eigenvalue weighted by Crippen LogP contribution is -2.25. The summed E-state index contributed by atoms with van der Waals surface area (Å²) in [7, 11) is 0. The SMILES string of the molecule is NC(Cc1ccc(F)cc1)Cc1nccs1. The largest absolute Gasteiger partial charge is 0.327 e. The van der Waals surface area contributed by atoms with Gasteiger partial charge in [-0.1, -0.05) is 12.1 Å². The molecule has 0 amide bonds. The molecule has 0 aliphatic carbocycles. The summed E-state index contributed by atoms with van der Waals surface area (Å²) in [5, 5.41) is 2.99. The Morgan fingerprint density at radius 2 is 2.00 bits per heavy atom. The first kappa shape index (κ1) is 11.2. The molecule has 1 aromatic carbocycles. The molecule has 0 saturated carbocycles. The Morgan fingerprint density at radius 1 is 1.25 bits per heavy atom. The van der Waals surface area contributed by atoms with Gasteiger partial charge < -0.3 is 5.73 Å². The minimum Gasteiger partial charge on any atom is -0.327 e. The summed E-state index contributed by atoms with van der Waals surface area (Å²) in [4.78, 5) is 4.19. The van der Waals surface area contributed by atoms with Gasteiger partial charge in [0.05, 0.1) is 5.01 Å². The fraction of sp³-hybridized carbons (Fsp3) is 0.250. The highest BCUT2D eigenvalue weighted by Crippen LogP contribution is 2.10. The summed E-state index contributed by atoms with van der Waals surface area (Å²) >= 11 is 1.61. The maximum Gasteiger partial charge on any atom is 0.123 e. The van der Waals surface area contributed by atoms with Crippen molar-refractivity contribution in [1.29, 1.82) is 0 Å². The molecule has 2 aromatic rings. The van der Waals surface area contributed by atoms with Crippen molar-refractivity contribution in [2.75, 3.05) is 0 Å². The van der Waals surface area contributed by atoms with Crippen LogP contribution in [0.15, 0.2) is 35.8 Å². The number of aromatic nitrogens is 1. The molecule has 4 heteroatoms. The van der Waals surface area contributed by atoms with Crippen LogP contribution in [0.1, 0.15) is 10.6 Å². The first-order valence-corrected chi connectivity index (χ1v) is 6.00. The van der Waals surface area contributed by atoms with Crippen LogP contribution in [0.3, 0.4) is 0 Å². The molecule has 0 saturated heterocycles. The van der Waals surface area contributed by atoms with Gasteiger partial charge in [0, 0.05) is 24.0 Å². The van der Waals surface area contributed by atoms with Crippen molar-refractivity contribution < 1.29 is 4.39 Å². The number of rotatable bonds is 4. The zero-order valence-electron chi connectivity index (χ0n) is 8.77. The Hall–Kier alpha value is -1.26. The number of benzene rings is 1. The average Bonchev–Trinajstić information content (AvgIpc) is 2.74. The van der Waals surface area contributed by atoms with Crippen LogP contribution >= 0.6 is 11.3 Å². The zero-order chi connectivity index (χ0) is 11.4. The smallest absolute Gasteiger partial charge is 0.123 e. The van der Waals surface area contributed by atoms with Crippen molar-refractivity contribution >= 4 is 11.3 Å². The molecule has 0 bridgehead atoms. The van der Waals surface area contributed by atoms with Crippen molar-refractivity contribution in [2.24, 2.45) is 5.73 Å². The van der Waals surface area contributed by atoms with Crippen molar-refractivity contribution in [1.82, 2.24) is 4.98 Å². The second-order valence-electron chi connectivity index (χ2n) is 3.72. The Morgan fingerprint density at radius 3 is 2.62 bits per heavy atom. The van der Waals surface area contributed by atoms with E-state index < -0.39 is 0 Å². The molecule has 1 atom stereocenters. The van der Waals surface area contributed by atoms with Gasteiger partial charge in [-0.2, -0.15) is 0 Å². The van der Waals surface area contributed by atoms with E-state index in [1.165, 1.54) is 12.1 Å². The van der Waals surface area contributed by atoms with Crippen molar-refractivity contribution in [3.05, 3.63) is 52.2 Å². The highest BCUT2D eigenvalue weighted by Gasteiger charge is 2.07. The van der Waals surface area contributed by atoms with Crippen LogP contribution in [0.2, 0.25) is 0 Å². The molecular formula is C12H13FN2S. The fourth-order valence-electron chi connectivity index (χ4n) is 1.57. The fourth-order valence-corrected chi connectivity index (χ4v) is 2.28. The van der Waals surface area contributed by atoms with Gasteiger partial charge in [0.15, 0.2) is 0 Å². The van der Waals surface area contributed by atoms with Crippen LogP contribution in [0, 0.1) is 5.82 Å². The van der Waals surface area contributed by atoms with E-state index in [1.807, 2.05) is 5.38 Å². The first-order valence-electron chi connectivity index (χ1n) is 5.12. The molecule has 2 N–H and O–H groups in total. The normalized spacial score (nSPS) is 12.6. The standard InChI is InChI=1S/C12H13FN2S/c13-10-3-1-9(2-4-10)7-11(14)8-12-15-5-6-16-12/h1-6,11H,7-8,14H2. The van der Waals surface area contributed by atoms with Gasteiger partial charge in [-0.05, 0) is 24.1 Å². The molecule has 0 spiro atoms. The first-order chi connectivity index (χ1) is 7.74. The third kappa shape index (κ3) is 3.12. The Balaban J connectivity index is 1.92. The Bertz CT molecular complexity index is 425. The topological polar surface area (TPSA) is 38.9 Å². The van der Waals surface area contributed by atoms with Gasteiger partial charge in [0.25, 0.3) is 0 Å². The predicted molar refractivity (Wildman–Crippen MR) is 63.9 cm³/mol. The maximum atomic E-state index is 12.7. The van der Waals surface area contributed by atoms with Crippen molar-refractivity contribution in [3.63, 3.8) is 0 Å². The highest BCUT2D eigenvalue weighted by molar-refractivity contribution is 7.09. The summed E-state index contributed by atoms with van der Waals surface area (Å²) in [6.45, 7) is 0. The van der Waals surface area contributed by atoms with E-state index in [1.54, 1.807) is 29.7 Å². The van der Waals surface area contributed by atoms with Gasteiger partial charge in [-0.25, -0.2) is 9.37 Å². The monoisotopic (exact) mass is 236 g/mol. The molecule has 0 aliphatic rings. The average molecular weight is 236 g/mol. The van der Waals surface area contributed by atoms with E-state index in [-0.39, 0.29) is 11.9 Å². The molecule has 0 aliphatic heterocycles. The third-order valence-electron chi connectivity index (χ3n) is 2.33. The summed E-state index contributed by atoms with van der Waals surface area (Å²) in [6.07, 6.45) is 3.31. The van der Waals surface area contributed by atoms with Crippen LogP contribution in [-0.4, -0.2) is 11.0 Å². The van der Waals surface area contributed by atoms with Crippen LogP contribution in [0.25, 0.3) is 0 Å². The highest BCUT2D eigenvalue weighted by atomic mass is 32.1. The second kappa shape index (κ2) is 5.18. The molecule has 0 radical (unpaired) electrons. The molecule has 0 fully saturated rings. The van der Waals surface area contributed by atoms with Crippen LogP contribution < -0.4 is 5.73 Å². The van der Waals surface area contributed by atoms with E-state index >= 15 is 0 Å². The Kier molecular flexibility index (Phi) is 3.64. The second-order valence-corrected chi connectivity index (χ2v) is 4.70. The van der Waals surface area contributed by atoms with E-state index in [0.29, 0.717) is 0 Å². The predicted octanol–water partition coefficient (Wildman–Crippen LogP) is 2.39. The molecule has 84 valence electrons. The number of hydrogen-bond donors (Lipinski definition) is 1. The lowest BCUT2D eigenvalue weighted by Gasteiger charge is -2.09. The minimum absolute atomic E-state index is 0.0385. The molecule has 1 unspecified atom stereocenters. The maximum absolute atomic E-state index is 12.7. The molecule has 1 heterocycles. The number of thiazole rings is 1. The summed E-state index contributed by atoms with van der Waals surface area (Å²) in [6, 6.07) is 6.52. The van der Waals surface area contributed by atoms with Gasteiger partial charge in [0.1, 0.15) is 5.82 Å². The van der Waals surface area contributed by atoms with Crippen LogP contribution in [-0.2, 0) is 12.8 Å². The van der Waals surface area contributed by atoms with Gasteiger partial charge >= 0.3 is 0 Å². The zero-order valence-corrected chi connectivity index (χ0v) is 9.58. The van der Waals surface area contributed by atoms with Crippen LogP contribution in [0.5, 0.6) is 0 Å². The quantitative estimate of drug-likeness (QED) is 0.885. The number of nitrogens with two attached hydrogens (primary N) is 1. The summed E-state index contributed by atoms with van der Waals surface area (Å²) in [5.41, 5.74) is 7.07. The Labute approximate surface area is 97.9 Å². The number of hydrogen-bond acceptors (Lipinski definition) is 3. The van der Waals surface area contributed by atoms with E-state index in [2.05, 4.69) is 4.98 Å². The van der Waals surface area contributed by atoms with E-state index in [9.17, 15) is 4.39 Å². The van der Waals surface area contributed by atoms with Gasteiger partial charge in [-0.15, -0.1) is 11.3 Å². The minimum atomic E-state index is -0.211. The van der Waals surface area contributed by atoms with Crippen molar-refractivity contribution in [2.45, 2.75) is 18.9 Å². The van der Waals surface area contributed by atoms with Gasteiger partial charge in [-0.3, -0.25) is 0 Å². The van der Waals surface area contributed by atoms with Crippen LogP contribution in [0.4, 0.5) is 4.39 Å². The molecular weight excluding hydrogens is 223 g/mol. The summed E-state index contributed by atoms with van der Waals surface area (Å²) in [5.74, 6) is -0.211. The van der Waals surface area contributed by atoms with Gasteiger partial charge in [0.2, 0.25) is 0 Å². The van der Waals surface area contributed by atoms with Crippen molar-refractivity contribution in [3.8, 4) is 0 Å². The molecule has 2 nitrogen and oxygen atoms in total. The van der Waals surface area contributed by atoms with E-state index in [0.717, 1.165) is 23.4 Å². The molecule has 2 rings (SSSR count). The van der Waals surface area contributed by atoms with E-state index in [4.69, 9.17) is 5.73 Å². The lowest BCUT2D eigenvalue weighted by molar-refractivity contribution is 0.623. The molecule has 16 heavy (non-hydrogen) atoms.